The number of fused-ring (bicyclic) bond motifs is 2. The van der Waals surface area contributed by atoms with E-state index >= 15 is 0 Å². The number of pyridine rings is 2. The Balaban J connectivity index is 0.000000188. The third-order valence-electron chi connectivity index (χ3n) is 12.7. The van der Waals surface area contributed by atoms with E-state index in [1.54, 1.807) is 24.3 Å². The van der Waals surface area contributed by atoms with Gasteiger partial charge in [0.1, 0.15) is 29.3 Å². The molecule has 4 aromatic rings. The molecule has 0 spiro atoms. The maximum Gasteiger partial charge on any atom is 0.329 e. The van der Waals surface area contributed by atoms with Gasteiger partial charge in [-0.15, -0.1) is 0 Å². The standard InChI is InChI=1S/C26H34ClN3O3.C22H26ClN3O3/c1-26(2,3)33-25(32)21-10-7-15-30(21)22-14-11-18-20(29-22)13-12-19(27)23(18)24(31)28-16-17-8-5-4-6-9-17;23-16-9-10-17-15(20(16)21(27)24-13-14-5-2-1-3-6-14)8-11-19(25-17)26-12-4-7-18(26)22(28)29/h11-14,17,21H,4-10,15-16H2,1-3H3,(H,28,31);8-11,14,18H,1-7,12-13H2,(H,24,27)(H,28,29)/t21-;18-/m11/s1. The van der Waals surface area contributed by atoms with E-state index in [0.717, 1.165) is 44.0 Å². The van der Waals surface area contributed by atoms with E-state index in [-0.39, 0.29) is 23.8 Å². The Hall–Kier alpha value is -4.68. The van der Waals surface area contributed by atoms with Crippen LogP contribution in [0, 0.1) is 11.8 Å². The van der Waals surface area contributed by atoms with Crippen LogP contribution < -0.4 is 20.4 Å². The number of aromatic nitrogens is 2. The van der Waals surface area contributed by atoms with Crippen LogP contribution in [0.15, 0.2) is 48.5 Å². The highest BCUT2D eigenvalue weighted by Gasteiger charge is 2.35. The van der Waals surface area contributed by atoms with Crippen LogP contribution in [0.4, 0.5) is 11.6 Å². The number of carboxylic acids is 1. The van der Waals surface area contributed by atoms with Gasteiger partial charge in [0.05, 0.1) is 32.2 Å². The number of anilines is 2. The van der Waals surface area contributed by atoms with Crippen LogP contribution in [0.2, 0.25) is 10.0 Å². The van der Waals surface area contributed by atoms with Crippen LogP contribution in [0.25, 0.3) is 21.8 Å². The van der Waals surface area contributed by atoms with Crippen LogP contribution in [-0.4, -0.2) is 82.7 Å². The van der Waals surface area contributed by atoms with E-state index in [4.69, 9.17) is 32.9 Å². The van der Waals surface area contributed by atoms with E-state index in [1.807, 2.05) is 54.8 Å². The van der Waals surface area contributed by atoms with Crippen LogP contribution in [0.5, 0.6) is 0 Å². The van der Waals surface area contributed by atoms with Gasteiger partial charge in [0.15, 0.2) is 0 Å². The van der Waals surface area contributed by atoms with Crippen molar-refractivity contribution < 1.29 is 29.0 Å². The second kappa shape index (κ2) is 20.2. The summed E-state index contributed by atoms with van der Waals surface area (Å²) in [7, 11) is 0. The fourth-order valence-corrected chi connectivity index (χ4v) is 10.0. The molecular formula is C48H60Cl2N6O6. The molecule has 2 aromatic carbocycles. The SMILES string of the molecule is CC(C)(C)OC(=O)[C@H]1CCCN1c1ccc2c(C(=O)NCC3CCCCC3)c(Cl)ccc2n1.O=C(NCC1CCCCC1)c1c(Cl)ccc2nc(N3CCC[C@@H]3C(=O)O)ccc12. The molecule has 8 rings (SSSR count). The molecule has 0 unspecified atom stereocenters. The molecule has 2 aliphatic heterocycles. The number of carboxylic acid groups (broad SMARTS) is 1. The number of carbonyl (C=O) groups excluding carboxylic acids is 3. The second-order valence-electron chi connectivity index (χ2n) is 18.3. The Bertz CT molecular complexity index is 2270. The number of nitrogens with zero attached hydrogens (tertiary/aromatic N) is 4. The monoisotopic (exact) mass is 886 g/mol. The summed E-state index contributed by atoms with van der Waals surface area (Å²) in [5.41, 5.74) is 1.71. The highest BCUT2D eigenvalue weighted by atomic mass is 35.5. The fraction of sp³-hybridized carbons (Fsp3) is 0.542. The Morgan fingerprint density at radius 2 is 1.06 bits per heavy atom. The number of amides is 2. The van der Waals surface area contributed by atoms with Crippen LogP contribution in [-0.2, 0) is 14.3 Å². The van der Waals surface area contributed by atoms with E-state index in [2.05, 4.69) is 15.6 Å². The quantitative estimate of drug-likeness (QED) is 0.131. The molecule has 14 heteroatoms. The Labute approximate surface area is 374 Å². The molecule has 3 N–H and O–H groups in total. The first-order chi connectivity index (χ1) is 29.8. The Morgan fingerprint density at radius 3 is 1.50 bits per heavy atom. The van der Waals surface area contributed by atoms with E-state index in [0.29, 0.717) is 87.1 Å². The number of rotatable bonds is 10. The Morgan fingerprint density at radius 1 is 0.629 bits per heavy atom. The summed E-state index contributed by atoms with van der Waals surface area (Å²) in [5, 5.41) is 17.8. The van der Waals surface area contributed by atoms with Gasteiger partial charge in [-0.25, -0.2) is 19.6 Å². The van der Waals surface area contributed by atoms with Crippen molar-refractivity contribution in [3.63, 3.8) is 0 Å². The predicted octanol–water partition coefficient (Wildman–Crippen LogP) is 9.76. The average Bonchev–Trinajstić information content (AvgIpc) is 3.97. The van der Waals surface area contributed by atoms with Gasteiger partial charge in [0.2, 0.25) is 0 Å². The van der Waals surface area contributed by atoms with Crippen molar-refractivity contribution >= 4 is 80.4 Å². The third kappa shape index (κ3) is 10.9. The predicted molar refractivity (Wildman–Crippen MR) is 246 cm³/mol. The number of benzene rings is 2. The first kappa shape index (κ1) is 45.3. The lowest BCUT2D eigenvalue weighted by Gasteiger charge is -2.28. The molecule has 62 heavy (non-hydrogen) atoms. The largest absolute Gasteiger partial charge is 0.480 e. The minimum Gasteiger partial charge on any atom is -0.480 e. The minimum atomic E-state index is -0.830. The third-order valence-corrected chi connectivity index (χ3v) is 13.3. The van der Waals surface area contributed by atoms with E-state index in [9.17, 15) is 24.3 Å². The smallest absolute Gasteiger partial charge is 0.329 e. The molecule has 0 bridgehead atoms. The van der Waals surface area contributed by atoms with Crippen LogP contribution >= 0.6 is 23.2 Å². The topological polar surface area (TPSA) is 154 Å². The lowest BCUT2D eigenvalue weighted by Crippen LogP contribution is -2.41. The highest BCUT2D eigenvalue weighted by Crippen LogP contribution is 2.33. The summed E-state index contributed by atoms with van der Waals surface area (Å²) in [4.78, 5) is 63.4. The summed E-state index contributed by atoms with van der Waals surface area (Å²) in [6.07, 6.45) is 15.3. The lowest BCUT2D eigenvalue weighted by molar-refractivity contribution is -0.156. The molecule has 2 atom stereocenters. The number of ether oxygens (including phenoxy) is 1. The van der Waals surface area contributed by atoms with Crippen molar-refractivity contribution in [3.8, 4) is 0 Å². The number of hydrogen-bond acceptors (Lipinski definition) is 9. The maximum atomic E-state index is 13.0. The number of halogens is 2. The molecule has 4 heterocycles. The second-order valence-corrected chi connectivity index (χ2v) is 19.1. The molecule has 4 aliphatic rings. The highest BCUT2D eigenvalue weighted by molar-refractivity contribution is 6.36. The van der Waals surface area contributed by atoms with Crippen molar-refractivity contribution in [2.45, 2.75) is 128 Å². The van der Waals surface area contributed by atoms with E-state index in [1.165, 1.54) is 51.4 Å². The fourth-order valence-electron chi connectivity index (χ4n) is 9.50. The van der Waals surface area contributed by atoms with Gasteiger partial charge in [-0.1, -0.05) is 61.7 Å². The lowest BCUT2D eigenvalue weighted by atomic mass is 9.89. The summed E-state index contributed by atoms with van der Waals surface area (Å²) >= 11 is 12.8. The average molecular weight is 888 g/mol. The van der Waals surface area contributed by atoms with Gasteiger partial charge in [-0.3, -0.25) is 9.59 Å². The van der Waals surface area contributed by atoms with Gasteiger partial charge in [-0.05, 0) is 133 Å². The molecule has 12 nitrogen and oxygen atoms in total. The molecule has 2 aliphatic carbocycles. The first-order valence-corrected chi connectivity index (χ1v) is 23.3. The van der Waals surface area contributed by atoms with Gasteiger partial charge < -0.3 is 30.3 Å². The van der Waals surface area contributed by atoms with Crippen LogP contribution in [0.3, 0.4) is 0 Å². The molecule has 2 aromatic heterocycles. The zero-order chi connectivity index (χ0) is 44.0. The zero-order valence-corrected chi connectivity index (χ0v) is 37.7. The first-order valence-electron chi connectivity index (χ1n) is 22.5. The van der Waals surface area contributed by atoms with Gasteiger partial charge in [0, 0.05) is 37.0 Å². The Kier molecular flexibility index (Phi) is 14.8. The summed E-state index contributed by atoms with van der Waals surface area (Å²) in [6, 6.07) is 13.5. The molecule has 2 amide bonds. The number of aliphatic carboxylic acids is 1. The summed E-state index contributed by atoms with van der Waals surface area (Å²) in [6.45, 7) is 8.39. The molecule has 2 saturated carbocycles. The van der Waals surface area contributed by atoms with Gasteiger partial charge in [0.25, 0.3) is 11.8 Å². The van der Waals surface area contributed by atoms with Gasteiger partial charge >= 0.3 is 11.9 Å². The molecule has 4 fully saturated rings. The maximum absolute atomic E-state index is 13.0. The normalized spacial score (nSPS) is 19.9. The van der Waals surface area contributed by atoms with Crippen LogP contribution in [0.1, 0.15) is 131 Å². The number of nitrogens with one attached hydrogen (secondary N) is 2. The molecule has 332 valence electrons. The van der Waals surface area contributed by atoms with Crippen molar-refractivity contribution in [3.05, 3.63) is 69.7 Å². The zero-order valence-electron chi connectivity index (χ0n) is 36.2. The van der Waals surface area contributed by atoms with Gasteiger partial charge in [-0.2, -0.15) is 0 Å². The summed E-state index contributed by atoms with van der Waals surface area (Å²) < 4.78 is 5.63. The van der Waals surface area contributed by atoms with Crippen molar-refractivity contribution in [2.75, 3.05) is 36.0 Å². The molecular weight excluding hydrogens is 827 g/mol. The van der Waals surface area contributed by atoms with Crippen molar-refractivity contribution in [1.29, 1.82) is 0 Å². The number of carbonyl (C=O) groups is 4. The number of hydrogen-bond donors (Lipinski definition) is 3. The number of esters is 1. The van der Waals surface area contributed by atoms with Crippen molar-refractivity contribution in [2.24, 2.45) is 11.8 Å². The molecule has 2 saturated heterocycles. The van der Waals surface area contributed by atoms with E-state index < -0.39 is 17.6 Å². The summed E-state index contributed by atoms with van der Waals surface area (Å²) in [5.74, 6) is 1.04. The van der Waals surface area contributed by atoms with Crippen molar-refractivity contribution in [1.82, 2.24) is 20.6 Å². The minimum absolute atomic E-state index is 0.154. The molecule has 0 radical (unpaired) electrons.